The van der Waals surface area contributed by atoms with Gasteiger partial charge in [0.05, 0.1) is 6.04 Å². The number of aryl methyl sites for hydroxylation is 1. The van der Waals surface area contributed by atoms with E-state index in [0.29, 0.717) is 23.2 Å². The summed E-state index contributed by atoms with van der Waals surface area (Å²) in [6.45, 7) is 1.84. The van der Waals surface area contributed by atoms with Crippen molar-refractivity contribution in [2.45, 2.75) is 25.8 Å². The molecule has 0 spiro atoms. The lowest BCUT2D eigenvalue weighted by molar-refractivity contribution is -0.121. The smallest absolute Gasteiger partial charge is 0.227 e. The first kappa shape index (κ1) is 18.1. The first-order valence-corrected chi connectivity index (χ1v) is 8.52. The molecule has 1 heterocycles. The molecule has 0 aliphatic heterocycles. The lowest BCUT2D eigenvalue weighted by atomic mass is 10.1. The summed E-state index contributed by atoms with van der Waals surface area (Å²) in [5.41, 5.74) is 1.59. The second kappa shape index (κ2) is 8.10. The quantitative estimate of drug-likeness (QED) is 0.698. The van der Waals surface area contributed by atoms with Crippen molar-refractivity contribution in [2.24, 2.45) is 0 Å². The Bertz CT molecular complexity index is 896. The van der Waals surface area contributed by atoms with Gasteiger partial charge in [-0.3, -0.25) is 4.79 Å². The maximum absolute atomic E-state index is 12.9. The Labute approximate surface area is 155 Å². The summed E-state index contributed by atoms with van der Waals surface area (Å²) in [7, 11) is 0. The van der Waals surface area contributed by atoms with Gasteiger partial charge in [-0.15, -0.1) is 0 Å². The highest BCUT2D eigenvalue weighted by atomic mass is 35.5. The van der Waals surface area contributed by atoms with Crippen LogP contribution in [0, 0.1) is 5.82 Å². The fourth-order valence-electron chi connectivity index (χ4n) is 2.47. The monoisotopic (exact) mass is 373 g/mol. The Kier molecular flexibility index (Phi) is 5.63. The molecule has 3 rings (SSSR count). The maximum atomic E-state index is 12.9. The van der Waals surface area contributed by atoms with Crippen molar-refractivity contribution in [1.82, 2.24) is 15.5 Å². The summed E-state index contributed by atoms with van der Waals surface area (Å²) >= 11 is 5.95. The predicted molar refractivity (Wildman–Crippen MR) is 96.0 cm³/mol. The van der Waals surface area contributed by atoms with Crippen molar-refractivity contribution in [3.05, 3.63) is 70.8 Å². The van der Waals surface area contributed by atoms with Gasteiger partial charge in [-0.1, -0.05) is 41.0 Å². The van der Waals surface area contributed by atoms with Crippen LogP contribution in [0.4, 0.5) is 4.39 Å². The van der Waals surface area contributed by atoms with E-state index in [0.717, 1.165) is 11.1 Å². The fraction of sp³-hybridized carbons (Fsp3) is 0.211. The molecule has 3 aromatic rings. The molecule has 0 fully saturated rings. The molecule has 0 unspecified atom stereocenters. The molecule has 0 saturated carbocycles. The molecule has 0 saturated heterocycles. The molecule has 134 valence electrons. The Morgan fingerprint density at radius 1 is 1.27 bits per heavy atom. The number of carbonyl (C=O) groups is 1. The van der Waals surface area contributed by atoms with E-state index >= 15 is 0 Å². The molecule has 0 radical (unpaired) electrons. The summed E-state index contributed by atoms with van der Waals surface area (Å²) in [5, 5.41) is 7.36. The van der Waals surface area contributed by atoms with Gasteiger partial charge in [0.25, 0.3) is 0 Å². The van der Waals surface area contributed by atoms with Crippen molar-refractivity contribution >= 4 is 17.5 Å². The van der Waals surface area contributed by atoms with Crippen LogP contribution in [0.25, 0.3) is 11.4 Å². The minimum Gasteiger partial charge on any atom is -0.350 e. The van der Waals surface area contributed by atoms with Crippen LogP contribution >= 0.6 is 11.6 Å². The van der Waals surface area contributed by atoms with Crippen LogP contribution < -0.4 is 5.32 Å². The zero-order valence-electron chi connectivity index (χ0n) is 14.1. The summed E-state index contributed by atoms with van der Waals surface area (Å²) in [5.74, 6) is 0.357. The minimum atomic E-state index is -0.306. The SMILES string of the molecule is C[C@@H](NC(=O)CCc1nc(-c2cccc(Cl)c2)no1)c1ccc(F)cc1. The topological polar surface area (TPSA) is 68.0 Å². The average Bonchev–Trinajstić information content (AvgIpc) is 3.09. The van der Waals surface area contributed by atoms with Gasteiger partial charge in [-0.2, -0.15) is 4.98 Å². The van der Waals surface area contributed by atoms with Gasteiger partial charge in [0, 0.05) is 23.4 Å². The standard InChI is InChI=1S/C19H17ClFN3O2/c1-12(13-5-7-16(21)8-6-13)22-17(25)9-10-18-23-19(24-26-18)14-3-2-4-15(20)11-14/h2-8,11-12H,9-10H2,1H3,(H,22,25)/t12-/m1/s1. The van der Waals surface area contributed by atoms with Gasteiger partial charge in [0.2, 0.25) is 17.6 Å². The maximum Gasteiger partial charge on any atom is 0.227 e. The van der Waals surface area contributed by atoms with Crippen LogP contribution in [0.15, 0.2) is 53.1 Å². The predicted octanol–water partition coefficient (Wildman–Crippen LogP) is 4.34. The normalized spacial score (nSPS) is 12.0. The fourth-order valence-corrected chi connectivity index (χ4v) is 2.66. The van der Waals surface area contributed by atoms with Crippen molar-refractivity contribution in [2.75, 3.05) is 0 Å². The van der Waals surface area contributed by atoms with Crippen LogP contribution in [-0.4, -0.2) is 16.0 Å². The number of carbonyl (C=O) groups excluding carboxylic acids is 1. The van der Waals surface area contributed by atoms with Crippen molar-refractivity contribution in [1.29, 1.82) is 0 Å². The molecule has 7 heteroatoms. The summed E-state index contributed by atoms with van der Waals surface area (Å²) in [6.07, 6.45) is 0.540. The molecule has 0 bridgehead atoms. The van der Waals surface area contributed by atoms with Crippen molar-refractivity contribution in [3.63, 3.8) is 0 Å². The number of aromatic nitrogens is 2. The molecule has 5 nitrogen and oxygen atoms in total. The number of nitrogens with zero attached hydrogens (tertiary/aromatic N) is 2. The highest BCUT2D eigenvalue weighted by molar-refractivity contribution is 6.30. The van der Waals surface area contributed by atoms with Crippen molar-refractivity contribution < 1.29 is 13.7 Å². The third-order valence-electron chi connectivity index (χ3n) is 3.86. The first-order valence-electron chi connectivity index (χ1n) is 8.14. The molecule has 2 aromatic carbocycles. The minimum absolute atomic E-state index is 0.149. The summed E-state index contributed by atoms with van der Waals surface area (Å²) in [4.78, 5) is 16.4. The van der Waals surface area contributed by atoms with Crippen LogP contribution in [-0.2, 0) is 11.2 Å². The van der Waals surface area contributed by atoms with E-state index in [1.807, 2.05) is 13.0 Å². The molecule has 1 aromatic heterocycles. The van der Waals surface area contributed by atoms with E-state index in [2.05, 4.69) is 15.5 Å². The van der Waals surface area contributed by atoms with E-state index in [1.165, 1.54) is 12.1 Å². The molecule has 1 N–H and O–H groups in total. The van der Waals surface area contributed by atoms with E-state index in [9.17, 15) is 9.18 Å². The highest BCUT2D eigenvalue weighted by Gasteiger charge is 2.13. The van der Waals surface area contributed by atoms with Crippen LogP contribution in [0.1, 0.15) is 30.8 Å². The summed E-state index contributed by atoms with van der Waals surface area (Å²) < 4.78 is 18.1. The first-order chi connectivity index (χ1) is 12.5. The van der Waals surface area contributed by atoms with E-state index in [-0.39, 0.29) is 24.2 Å². The average molecular weight is 374 g/mol. The Balaban J connectivity index is 1.54. The molecular weight excluding hydrogens is 357 g/mol. The molecular formula is C19H17ClFN3O2. The number of amides is 1. The van der Waals surface area contributed by atoms with Crippen molar-refractivity contribution in [3.8, 4) is 11.4 Å². The highest BCUT2D eigenvalue weighted by Crippen LogP contribution is 2.20. The van der Waals surface area contributed by atoms with Gasteiger partial charge in [0.1, 0.15) is 5.82 Å². The third-order valence-corrected chi connectivity index (χ3v) is 4.10. The molecule has 26 heavy (non-hydrogen) atoms. The molecule has 0 aliphatic rings. The third kappa shape index (κ3) is 4.67. The largest absolute Gasteiger partial charge is 0.350 e. The molecule has 1 atom stereocenters. The lowest BCUT2D eigenvalue weighted by Crippen LogP contribution is -2.26. The molecule has 1 amide bonds. The van der Waals surface area contributed by atoms with Gasteiger partial charge in [-0.25, -0.2) is 4.39 Å². The Hall–Kier alpha value is -2.73. The summed E-state index contributed by atoms with van der Waals surface area (Å²) in [6, 6.07) is 13.0. The molecule has 0 aliphatic carbocycles. The number of nitrogens with one attached hydrogen (secondary N) is 1. The van der Waals surface area contributed by atoms with Crippen LogP contribution in [0.3, 0.4) is 0 Å². The van der Waals surface area contributed by atoms with Crippen LogP contribution in [0.2, 0.25) is 5.02 Å². The van der Waals surface area contributed by atoms with E-state index in [4.69, 9.17) is 16.1 Å². The zero-order valence-corrected chi connectivity index (χ0v) is 14.8. The second-order valence-corrected chi connectivity index (χ2v) is 6.30. The van der Waals surface area contributed by atoms with E-state index < -0.39 is 0 Å². The number of rotatable bonds is 6. The number of hydrogen-bond donors (Lipinski definition) is 1. The van der Waals surface area contributed by atoms with Gasteiger partial charge in [-0.05, 0) is 36.8 Å². The zero-order chi connectivity index (χ0) is 18.5. The van der Waals surface area contributed by atoms with Gasteiger partial charge < -0.3 is 9.84 Å². The van der Waals surface area contributed by atoms with Gasteiger partial charge in [0.15, 0.2) is 0 Å². The van der Waals surface area contributed by atoms with E-state index in [1.54, 1.807) is 30.3 Å². The van der Waals surface area contributed by atoms with Gasteiger partial charge >= 0.3 is 0 Å². The second-order valence-electron chi connectivity index (χ2n) is 5.86. The Morgan fingerprint density at radius 3 is 2.77 bits per heavy atom. The number of hydrogen-bond acceptors (Lipinski definition) is 4. The van der Waals surface area contributed by atoms with Crippen LogP contribution in [0.5, 0.6) is 0 Å². The number of benzene rings is 2. The Morgan fingerprint density at radius 2 is 2.04 bits per heavy atom. The number of halogens is 2. The lowest BCUT2D eigenvalue weighted by Gasteiger charge is -2.13.